The Morgan fingerprint density at radius 1 is 0.541 bits per heavy atom. The fourth-order valence-corrected chi connectivity index (χ4v) is 5.80. The molecule has 7 rings (SSSR count). The number of fused-ring (bicyclic) bond motifs is 6. The molecular formula is C36H28O. The topological polar surface area (TPSA) is 13.1 Å². The second kappa shape index (κ2) is 8.64. The van der Waals surface area contributed by atoms with Gasteiger partial charge in [-0.25, -0.2) is 0 Å². The van der Waals surface area contributed by atoms with Crippen molar-refractivity contribution in [1.82, 2.24) is 0 Å². The average molecular weight is 477 g/mol. The first-order valence-electron chi connectivity index (χ1n) is 13.2. The third-order valence-corrected chi connectivity index (χ3v) is 7.98. The van der Waals surface area contributed by atoms with Gasteiger partial charge >= 0.3 is 0 Å². The predicted octanol–water partition coefficient (Wildman–Crippen LogP) is 10.7. The molecular weight excluding hydrogens is 448 g/mol. The number of furan rings is 1. The third kappa shape index (κ3) is 3.46. The van der Waals surface area contributed by atoms with Gasteiger partial charge in [0.05, 0.1) is 0 Å². The minimum atomic E-state index is 0.488. The van der Waals surface area contributed by atoms with Gasteiger partial charge in [-0.15, -0.1) is 0 Å². The highest BCUT2D eigenvalue weighted by molar-refractivity contribution is 6.16. The molecule has 1 nitrogen and oxygen atoms in total. The molecule has 0 radical (unpaired) electrons. The van der Waals surface area contributed by atoms with Gasteiger partial charge in [-0.2, -0.15) is 0 Å². The number of para-hydroxylation sites is 2. The Bertz CT molecular complexity index is 1940. The summed E-state index contributed by atoms with van der Waals surface area (Å²) in [6.07, 6.45) is 1.11. The van der Waals surface area contributed by atoms with Gasteiger partial charge in [-0.05, 0) is 68.3 Å². The zero-order chi connectivity index (χ0) is 24.9. The molecule has 0 N–H and O–H groups in total. The highest BCUT2D eigenvalue weighted by atomic mass is 16.3. The monoisotopic (exact) mass is 476 g/mol. The van der Waals surface area contributed by atoms with Crippen LogP contribution in [0.15, 0.2) is 120 Å². The van der Waals surface area contributed by atoms with Crippen LogP contribution in [0.2, 0.25) is 0 Å². The van der Waals surface area contributed by atoms with Crippen molar-refractivity contribution in [2.75, 3.05) is 0 Å². The first-order valence-corrected chi connectivity index (χ1v) is 13.2. The second-order valence-electron chi connectivity index (χ2n) is 10.1. The maximum absolute atomic E-state index is 6.49. The van der Waals surface area contributed by atoms with Crippen LogP contribution in [-0.2, 0) is 0 Å². The van der Waals surface area contributed by atoms with E-state index in [4.69, 9.17) is 4.42 Å². The van der Waals surface area contributed by atoms with E-state index in [9.17, 15) is 0 Å². The summed E-state index contributed by atoms with van der Waals surface area (Å²) in [6.45, 7) is 4.58. The normalized spacial score (nSPS) is 12.6. The van der Waals surface area contributed by atoms with Gasteiger partial charge in [0.25, 0.3) is 0 Å². The van der Waals surface area contributed by atoms with Gasteiger partial charge in [0.1, 0.15) is 11.2 Å². The van der Waals surface area contributed by atoms with Gasteiger partial charge in [-0.1, -0.05) is 117 Å². The Balaban J connectivity index is 1.59. The van der Waals surface area contributed by atoms with Crippen LogP contribution in [0.4, 0.5) is 0 Å². The van der Waals surface area contributed by atoms with Gasteiger partial charge in [0.15, 0.2) is 0 Å². The van der Waals surface area contributed by atoms with Crippen molar-refractivity contribution < 1.29 is 4.42 Å². The average Bonchev–Trinajstić information content (AvgIpc) is 3.35. The molecule has 0 bridgehead atoms. The van der Waals surface area contributed by atoms with E-state index in [-0.39, 0.29) is 0 Å². The largest absolute Gasteiger partial charge is 0.455 e. The van der Waals surface area contributed by atoms with Crippen molar-refractivity contribution in [2.24, 2.45) is 0 Å². The Morgan fingerprint density at radius 2 is 1.24 bits per heavy atom. The lowest BCUT2D eigenvalue weighted by molar-refractivity contribution is 0.670. The summed E-state index contributed by atoms with van der Waals surface area (Å²) in [4.78, 5) is 0. The molecule has 0 saturated heterocycles. The SMILES string of the molecule is CCC(C)c1ccc(-c2cccc3c2oc2ccccc23)c(-c2cc3ccccc3c3ccccc23)c1. The molecule has 1 atom stereocenters. The van der Waals surface area contributed by atoms with E-state index < -0.39 is 0 Å². The molecule has 0 aliphatic carbocycles. The summed E-state index contributed by atoms with van der Waals surface area (Å²) < 4.78 is 6.49. The Kier molecular flexibility index (Phi) is 5.11. The fraction of sp³-hybridized carbons (Fsp3) is 0.111. The molecule has 178 valence electrons. The van der Waals surface area contributed by atoms with E-state index in [1.54, 1.807) is 0 Å². The van der Waals surface area contributed by atoms with Crippen LogP contribution in [0.1, 0.15) is 31.7 Å². The van der Waals surface area contributed by atoms with E-state index in [1.807, 2.05) is 6.07 Å². The number of benzene rings is 6. The van der Waals surface area contributed by atoms with Crippen LogP contribution >= 0.6 is 0 Å². The number of hydrogen-bond donors (Lipinski definition) is 0. The molecule has 0 amide bonds. The van der Waals surface area contributed by atoms with Gasteiger partial charge in [-0.3, -0.25) is 0 Å². The van der Waals surface area contributed by atoms with Crippen LogP contribution in [0.25, 0.3) is 65.7 Å². The number of hydrogen-bond acceptors (Lipinski definition) is 1. The third-order valence-electron chi connectivity index (χ3n) is 7.98. The lowest BCUT2D eigenvalue weighted by atomic mass is 9.85. The zero-order valence-corrected chi connectivity index (χ0v) is 21.2. The molecule has 1 unspecified atom stereocenters. The molecule has 6 aromatic carbocycles. The molecule has 0 saturated carbocycles. The first kappa shape index (κ1) is 21.9. The summed E-state index contributed by atoms with van der Waals surface area (Å²) in [6, 6.07) is 41.8. The smallest absolute Gasteiger partial charge is 0.143 e. The summed E-state index contributed by atoms with van der Waals surface area (Å²) in [5.41, 5.74) is 8.12. The van der Waals surface area contributed by atoms with Crippen LogP contribution in [-0.4, -0.2) is 0 Å². The van der Waals surface area contributed by atoms with E-state index in [1.165, 1.54) is 43.8 Å². The quantitative estimate of drug-likeness (QED) is 0.230. The molecule has 1 heteroatoms. The molecule has 0 fully saturated rings. The van der Waals surface area contributed by atoms with Crippen molar-refractivity contribution >= 4 is 43.5 Å². The summed E-state index contributed by atoms with van der Waals surface area (Å²) in [7, 11) is 0. The van der Waals surface area contributed by atoms with Crippen molar-refractivity contribution in [3.63, 3.8) is 0 Å². The van der Waals surface area contributed by atoms with Crippen molar-refractivity contribution in [2.45, 2.75) is 26.2 Å². The molecule has 7 aromatic rings. The predicted molar refractivity (Wildman–Crippen MR) is 158 cm³/mol. The fourth-order valence-electron chi connectivity index (χ4n) is 5.80. The van der Waals surface area contributed by atoms with Crippen LogP contribution in [0.5, 0.6) is 0 Å². The summed E-state index contributed by atoms with van der Waals surface area (Å²) >= 11 is 0. The van der Waals surface area contributed by atoms with Crippen LogP contribution in [0.3, 0.4) is 0 Å². The molecule has 0 aliphatic heterocycles. The second-order valence-corrected chi connectivity index (χ2v) is 10.1. The van der Waals surface area contributed by atoms with E-state index in [2.05, 4.69) is 123 Å². The molecule has 0 aliphatic rings. The standard InChI is InChI=1S/C36H28O/c1-3-23(2)24-19-20-29(31-16-10-17-32-30-15-8-9-18-35(30)37-36(31)32)33(21-24)34-22-25-11-4-5-12-26(25)27-13-6-7-14-28(27)34/h4-23H,3H2,1-2H3. The van der Waals surface area contributed by atoms with Gasteiger partial charge in [0, 0.05) is 16.3 Å². The van der Waals surface area contributed by atoms with E-state index in [0.717, 1.165) is 33.9 Å². The van der Waals surface area contributed by atoms with Crippen LogP contribution < -0.4 is 0 Å². The molecule has 1 heterocycles. The summed E-state index contributed by atoms with van der Waals surface area (Å²) in [5, 5.41) is 7.44. The highest BCUT2D eigenvalue weighted by Gasteiger charge is 2.19. The first-order chi connectivity index (χ1) is 18.2. The maximum Gasteiger partial charge on any atom is 0.143 e. The zero-order valence-electron chi connectivity index (χ0n) is 21.2. The minimum Gasteiger partial charge on any atom is -0.455 e. The van der Waals surface area contributed by atoms with Gasteiger partial charge in [0.2, 0.25) is 0 Å². The Labute approximate surface area is 217 Å². The van der Waals surface area contributed by atoms with E-state index >= 15 is 0 Å². The van der Waals surface area contributed by atoms with Crippen molar-refractivity contribution in [1.29, 1.82) is 0 Å². The maximum atomic E-state index is 6.49. The molecule has 0 spiro atoms. The van der Waals surface area contributed by atoms with Crippen LogP contribution in [0, 0.1) is 0 Å². The summed E-state index contributed by atoms with van der Waals surface area (Å²) in [5.74, 6) is 0.488. The van der Waals surface area contributed by atoms with Gasteiger partial charge < -0.3 is 4.42 Å². The minimum absolute atomic E-state index is 0.488. The van der Waals surface area contributed by atoms with Crippen molar-refractivity contribution in [3.05, 3.63) is 121 Å². The Hall–Kier alpha value is -4.36. The Morgan fingerprint density at radius 3 is 2.08 bits per heavy atom. The van der Waals surface area contributed by atoms with Crippen molar-refractivity contribution in [3.8, 4) is 22.3 Å². The number of rotatable bonds is 4. The van der Waals surface area contributed by atoms with E-state index in [0.29, 0.717) is 5.92 Å². The molecule has 37 heavy (non-hydrogen) atoms. The molecule has 1 aromatic heterocycles. The lowest BCUT2D eigenvalue weighted by Gasteiger charge is -2.18. The lowest BCUT2D eigenvalue weighted by Crippen LogP contribution is -1.95. The highest BCUT2D eigenvalue weighted by Crippen LogP contribution is 2.44.